The van der Waals surface area contributed by atoms with Crippen LogP contribution in [0.1, 0.15) is 22.7 Å². The Morgan fingerprint density at radius 3 is 2.84 bits per heavy atom. The molecule has 2 N–H and O–H groups in total. The highest BCUT2D eigenvalue weighted by molar-refractivity contribution is 5.73. The van der Waals surface area contributed by atoms with Crippen molar-refractivity contribution >= 4 is 11.8 Å². The van der Waals surface area contributed by atoms with Gasteiger partial charge < -0.3 is 15.5 Å². The number of aromatic nitrogens is 1. The zero-order chi connectivity index (χ0) is 17.4. The van der Waals surface area contributed by atoms with E-state index in [0.29, 0.717) is 18.4 Å². The second-order valence-electron chi connectivity index (χ2n) is 7.20. The van der Waals surface area contributed by atoms with Crippen LogP contribution in [0, 0.1) is 11.8 Å². The molecule has 0 unspecified atom stereocenters. The molecule has 2 aliphatic rings. The van der Waals surface area contributed by atoms with Gasteiger partial charge >= 0.3 is 6.03 Å². The molecule has 2 amide bonds. The first-order valence-electron chi connectivity index (χ1n) is 8.86. The summed E-state index contributed by atoms with van der Waals surface area (Å²) in [4.78, 5) is 18.5. The van der Waals surface area contributed by atoms with E-state index in [9.17, 15) is 4.79 Å². The topological polar surface area (TPSA) is 57.3 Å². The molecule has 5 nitrogen and oxygen atoms in total. The van der Waals surface area contributed by atoms with Crippen LogP contribution in [0.15, 0.2) is 42.5 Å². The van der Waals surface area contributed by atoms with Gasteiger partial charge in [0, 0.05) is 20.6 Å². The van der Waals surface area contributed by atoms with Crippen molar-refractivity contribution in [2.45, 2.75) is 18.9 Å². The fourth-order valence-electron chi connectivity index (χ4n) is 4.02. The number of carbonyl (C=O) groups excluding carboxylic acids is 1. The van der Waals surface area contributed by atoms with Gasteiger partial charge in [0.25, 0.3) is 0 Å². The summed E-state index contributed by atoms with van der Waals surface area (Å²) >= 11 is 0. The normalized spacial score (nSPS) is 22.7. The van der Waals surface area contributed by atoms with Gasteiger partial charge in [-0.15, -0.1) is 0 Å². The molecular formula is C20H24N4O. The summed E-state index contributed by atoms with van der Waals surface area (Å²) in [7, 11) is 3.91. The standard InChI is InChI=1S/C20H24N4O/c1-24(2)18-9-5-7-14(23-18)11-21-20(25)22-12-17-16-10-13-6-3-4-8-15(13)19(16)17/h3-9,16-17,19H,10-12H2,1-2H3,(H2,21,22,25)/t16-,17+,19+/m1/s1. The number of carbonyl (C=O) groups is 1. The van der Waals surface area contributed by atoms with E-state index < -0.39 is 0 Å². The molecule has 0 radical (unpaired) electrons. The molecule has 25 heavy (non-hydrogen) atoms. The first-order valence-corrected chi connectivity index (χ1v) is 8.86. The Morgan fingerprint density at radius 1 is 1.16 bits per heavy atom. The quantitative estimate of drug-likeness (QED) is 0.882. The average Bonchev–Trinajstić information content (AvgIpc) is 3.16. The van der Waals surface area contributed by atoms with Gasteiger partial charge in [0.2, 0.25) is 0 Å². The van der Waals surface area contributed by atoms with E-state index in [2.05, 4.69) is 39.9 Å². The minimum absolute atomic E-state index is 0.115. The summed E-state index contributed by atoms with van der Waals surface area (Å²) in [5, 5.41) is 5.93. The van der Waals surface area contributed by atoms with Crippen molar-refractivity contribution in [3.05, 3.63) is 59.3 Å². The molecule has 0 bridgehead atoms. The molecule has 4 rings (SSSR count). The van der Waals surface area contributed by atoms with E-state index in [1.807, 2.05) is 37.2 Å². The van der Waals surface area contributed by atoms with Crippen LogP contribution in [0.4, 0.5) is 10.6 Å². The number of hydrogen-bond acceptors (Lipinski definition) is 3. The number of benzene rings is 1. The molecule has 130 valence electrons. The summed E-state index contributed by atoms with van der Waals surface area (Å²) in [6, 6.07) is 14.4. The number of pyridine rings is 1. The van der Waals surface area contributed by atoms with Crippen LogP contribution in [0.3, 0.4) is 0 Å². The number of hydrogen-bond donors (Lipinski definition) is 2. The van der Waals surface area contributed by atoms with E-state index >= 15 is 0 Å². The molecule has 2 aromatic rings. The van der Waals surface area contributed by atoms with Crippen molar-refractivity contribution < 1.29 is 4.79 Å². The van der Waals surface area contributed by atoms with E-state index in [-0.39, 0.29) is 6.03 Å². The number of nitrogens with zero attached hydrogens (tertiary/aromatic N) is 2. The summed E-state index contributed by atoms with van der Waals surface area (Å²) in [5.74, 6) is 2.85. The molecule has 1 aromatic heterocycles. The van der Waals surface area contributed by atoms with Crippen molar-refractivity contribution in [3.63, 3.8) is 0 Å². The molecule has 1 fully saturated rings. The Morgan fingerprint density at radius 2 is 2.00 bits per heavy atom. The van der Waals surface area contributed by atoms with E-state index in [0.717, 1.165) is 30.4 Å². The molecule has 0 spiro atoms. The number of rotatable bonds is 5. The number of amides is 2. The lowest BCUT2D eigenvalue weighted by molar-refractivity contribution is 0.239. The van der Waals surface area contributed by atoms with Crippen LogP contribution >= 0.6 is 0 Å². The average molecular weight is 336 g/mol. The Hall–Kier alpha value is -2.56. The minimum atomic E-state index is -0.115. The van der Waals surface area contributed by atoms with Gasteiger partial charge in [-0.25, -0.2) is 9.78 Å². The van der Waals surface area contributed by atoms with Crippen molar-refractivity contribution in [2.75, 3.05) is 25.5 Å². The third-order valence-electron chi connectivity index (χ3n) is 5.38. The zero-order valence-electron chi connectivity index (χ0n) is 14.7. The molecule has 5 heteroatoms. The van der Waals surface area contributed by atoms with Gasteiger partial charge in [-0.1, -0.05) is 30.3 Å². The molecule has 2 aliphatic carbocycles. The molecule has 0 saturated heterocycles. The number of nitrogens with one attached hydrogen (secondary N) is 2. The van der Waals surface area contributed by atoms with Gasteiger partial charge in [0.15, 0.2) is 0 Å². The predicted octanol–water partition coefficient (Wildman–Crippen LogP) is 2.53. The Labute approximate surface area is 148 Å². The maximum atomic E-state index is 12.1. The Bertz CT molecular complexity index is 789. The fraction of sp³-hybridized carbons (Fsp3) is 0.400. The van der Waals surface area contributed by atoms with Crippen LogP contribution in [0.5, 0.6) is 0 Å². The first kappa shape index (κ1) is 15.9. The lowest BCUT2D eigenvalue weighted by Gasteiger charge is -2.13. The maximum Gasteiger partial charge on any atom is 0.315 e. The van der Waals surface area contributed by atoms with Gasteiger partial charge in [0.05, 0.1) is 12.2 Å². The number of fused-ring (bicyclic) bond motifs is 3. The molecule has 0 aliphatic heterocycles. The van der Waals surface area contributed by atoms with Crippen molar-refractivity contribution in [1.29, 1.82) is 0 Å². The highest BCUT2D eigenvalue weighted by Gasteiger charge is 2.54. The molecule has 1 heterocycles. The number of anilines is 1. The van der Waals surface area contributed by atoms with Crippen LogP contribution in [0.25, 0.3) is 0 Å². The van der Waals surface area contributed by atoms with Gasteiger partial charge in [-0.2, -0.15) is 0 Å². The second-order valence-corrected chi connectivity index (χ2v) is 7.20. The highest BCUT2D eigenvalue weighted by Crippen LogP contribution is 2.60. The monoisotopic (exact) mass is 336 g/mol. The molecule has 1 saturated carbocycles. The van der Waals surface area contributed by atoms with Gasteiger partial charge in [0.1, 0.15) is 5.82 Å². The summed E-state index contributed by atoms with van der Waals surface area (Å²) in [6.07, 6.45) is 1.16. The zero-order valence-corrected chi connectivity index (χ0v) is 14.7. The summed E-state index contributed by atoms with van der Waals surface area (Å²) in [6.45, 7) is 1.19. The van der Waals surface area contributed by atoms with Crippen LogP contribution < -0.4 is 15.5 Å². The Kier molecular flexibility index (Phi) is 4.07. The van der Waals surface area contributed by atoms with E-state index in [1.165, 1.54) is 11.1 Å². The maximum absolute atomic E-state index is 12.1. The van der Waals surface area contributed by atoms with Crippen LogP contribution in [-0.4, -0.2) is 31.7 Å². The van der Waals surface area contributed by atoms with Crippen LogP contribution in [-0.2, 0) is 13.0 Å². The molecular weight excluding hydrogens is 312 g/mol. The summed E-state index contributed by atoms with van der Waals surface area (Å²) in [5.41, 5.74) is 3.84. The Balaban J connectivity index is 1.24. The third-order valence-corrected chi connectivity index (χ3v) is 5.38. The van der Waals surface area contributed by atoms with E-state index in [4.69, 9.17) is 0 Å². The third kappa shape index (κ3) is 3.18. The first-order chi connectivity index (χ1) is 12.1. The highest BCUT2D eigenvalue weighted by atomic mass is 16.2. The lowest BCUT2D eigenvalue weighted by atomic mass is 10.0. The van der Waals surface area contributed by atoms with Crippen LogP contribution in [0.2, 0.25) is 0 Å². The fourth-order valence-corrected chi connectivity index (χ4v) is 4.02. The second kappa shape index (κ2) is 6.39. The smallest absolute Gasteiger partial charge is 0.315 e. The lowest BCUT2D eigenvalue weighted by Crippen LogP contribution is -2.36. The molecule has 1 aromatic carbocycles. The predicted molar refractivity (Wildman–Crippen MR) is 98.7 cm³/mol. The van der Waals surface area contributed by atoms with Crippen molar-refractivity contribution in [2.24, 2.45) is 11.8 Å². The largest absolute Gasteiger partial charge is 0.363 e. The van der Waals surface area contributed by atoms with Crippen molar-refractivity contribution in [3.8, 4) is 0 Å². The van der Waals surface area contributed by atoms with Gasteiger partial charge in [-0.3, -0.25) is 0 Å². The van der Waals surface area contributed by atoms with E-state index in [1.54, 1.807) is 0 Å². The minimum Gasteiger partial charge on any atom is -0.363 e. The summed E-state index contributed by atoms with van der Waals surface area (Å²) < 4.78 is 0. The molecule has 3 atom stereocenters. The number of urea groups is 1. The van der Waals surface area contributed by atoms with Crippen molar-refractivity contribution in [1.82, 2.24) is 15.6 Å². The SMILES string of the molecule is CN(C)c1cccc(CNC(=O)NC[C@H]2[C@H]3Cc4ccccc4[C@@H]32)n1. The van der Waals surface area contributed by atoms with Gasteiger partial charge in [-0.05, 0) is 47.4 Å².